The average Bonchev–Trinajstić information content (AvgIpc) is 2.53. The molecule has 1 saturated heterocycles. The Bertz CT molecular complexity index is 643. The Hall–Kier alpha value is -1.66. The quantitative estimate of drug-likeness (QED) is 0.755. The summed E-state index contributed by atoms with van der Waals surface area (Å²) in [4.78, 5) is 24.6. The van der Waals surface area contributed by atoms with E-state index in [2.05, 4.69) is 10.6 Å². The van der Waals surface area contributed by atoms with Gasteiger partial charge in [0.2, 0.25) is 0 Å². The van der Waals surface area contributed by atoms with Gasteiger partial charge >= 0.3 is 5.63 Å². The summed E-state index contributed by atoms with van der Waals surface area (Å²) in [5.41, 5.74) is 0.228. The first kappa shape index (κ1) is 17.2. The standard InChI is InChI=1S/C18H26N2O4/c1-11-7-15(13-3-2-5-19-10-13)24-18(23)16(11)17(22)20-6-4-12-8-14(21)9-12/h7,12-14,19,21H,2-6,8-10H2,1H3,(H,20,22). The topological polar surface area (TPSA) is 91.6 Å². The largest absolute Gasteiger partial charge is 0.427 e. The third-order valence-corrected chi connectivity index (χ3v) is 5.14. The molecule has 132 valence electrons. The summed E-state index contributed by atoms with van der Waals surface area (Å²) in [6, 6.07) is 1.83. The monoisotopic (exact) mass is 334 g/mol. The van der Waals surface area contributed by atoms with Gasteiger partial charge in [0.1, 0.15) is 11.3 Å². The molecule has 2 heterocycles. The molecule has 0 aromatic carbocycles. The molecule has 1 aliphatic heterocycles. The molecular formula is C18H26N2O4. The number of amides is 1. The second kappa shape index (κ2) is 7.49. The number of hydrogen-bond donors (Lipinski definition) is 3. The zero-order valence-corrected chi connectivity index (χ0v) is 14.1. The van der Waals surface area contributed by atoms with Gasteiger partial charge in [-0.1, -0.05) is 0 Å². The molecule has 6 heteroatoms. The Balaban J connectivity index is 1.62. The number of carbonyl (C=O) groups is 1. The molecule has 6 nitrogen and oxygen atoms in total. The van der Waals surface area contributed by atoms with Crippen molar-refractivity contribution < 1.29 is 14.3 Å². The van der Waals surface area contributed by atoms with Crippen molar-refractivity contribution in [2.45, 2.75) is 51.0 Å². The van der Waals surface area contributed by atoms with Gasteiger partial charge in [0.25, 0.3) is 5.91 Å². The van der Waals surface area contributed by atoms with Gasteiger partial charge in [0.15, 0.2) is 0 Å². The van der Waals surface area contributed by atoms with Gasteiger partial charge in [-0.25, -0.2) is 4.79 Å². The normalized spacial score (nSPS) is 26.7. The second-order valence-corrected chi connectivity index (χ2v) is 7.07. The Kier molecular flexibility index (Phi) is 5.36. The van der Waals surface area contributed by atoms with E-state index in [9.17, 15) is 14.7 Å². The zero-order valence-electron chi connectivity index (χ0n) is 14.1. The van der Waals surface area contributed by atoms with Crippen LogP contribution in [0.15, 0.2) is 15.3 Å². The third kappa shape index (κ3) is 3.87. The molecule has 0 bridgehead atoms. The molecular weight excluding hydrogens is 308 g/mol. The maximum absolute atomic E-state index is 12.3. The van der Waals surface area contributed by atoms with Crippen LogP contribution in [0.4, 0.5) is 0 Å². The van der Waals surface area contributed by atoms with Crippen molar-refractivity contribution in [1.82, 2.24) is 10.6 Å². The van der Waals surface area contributed by atoms with Gasteiger partial charge in [0.05, 0.1) is 6.10 Å². The number of carbonyl (C=O) groups excluding carboxylic acids is 1. The van der Waals surface area contributed by atoms with Crippen LogP contribution >= 0.6 is 0 Å². The highest BCUT2D eigenvalue weighted by atomic mass is 16.4. The number of rotatable bonds is 5. The lowest BCUT2D eigenvalue weighted by Gasteiger charge is -2.31. The lowest BCUT2D eigenvalue weighted by atomic mass is 9.80. The molecule has 0 radical (unpaired) electrons. The first-order valence-electron chi connectivity index (χ1n) is 8.86. The van der Waals surface area contributed by atoms with E-state index < -0.39 is 5.63 Å². The van der Waals surface area contributed by atoms with Crippen LogP contribution in [0, 0.1) is 12.8 Å². The van der Waals surface area contributed by atoms with Crippen LogP contribution < -0.4 is 16.3 Å². The maximum atomic E-state index is 12.3. The summed E-state index contributed by atoms with van der Waals surface area (Å²) in [7, 11) is 0. The summed E-state index contributed by atoms with van der Waals surface area (Å²) in [5, 5.41) is 15.4. The summed E-state index contributed by atoms with van der Waals surface area (Å²) in [5.74, 6) is 0.977. The summed E-state index contributed by atoms with van der Waals surface area (Å²) < 4.78 is 5.43. The molecule has 1 aromatic heterocycles. The number of hydrogen-bond acceptors (Lipinski definition) is 5. The summed E-state index contributed by atoms with van der Waals surface area (Å²) in [6.07, 6.45) is 4.32. The third-order valence-electron chi connectivity index (χ3n) is 5.14. The molecule has 1 amide bonds. The summed E-state index contributed by atoms with van der Waals surface area (Å²) in [6.45, 7) is 4.11. The SMILES string of the molecule is Cc1cc(C2CCCNC2)oc(=O)c1C(=O)NCCC1CC(O)C1. The van der Waals surface area contributed by atoms with Crippen LogP contribution in [0.25, 0.3) is 0 Å². The van der Waals surface area contributed by atoms with Crippen LogP contribution in [0.1, 0.15) is 59.7 Å². The van der Waals surface area contributed by atoms with E-state index in [1.54, 1.807) is 6.92 Å². The van der Waals surface area contributed by atoms with E-state index in [4.69, 9.17) is 4.42 Å². The van der Waals surface area contributed by atoms with Crippen LogP contribution in [0.2, 0.25) is 0 Å². The average molecular weight is 334 g/mol. The van der Waals surface area contributed by atoms with E-state index >= 15 is 0 Å². The highest BCUT2D eigenvalue weighted by molar-refractivity contribution is 5.95. The van der Waals surface area contributed by atoms with Crippen molar-refractivity contribution in [3.8, 4) is 0 Å². The predicted octanol–water partition coefficient (Wildman–Crippen LogP) is 1.31. The van der Waals surface area contributed by atoms with Crippen LogP contribution in [0.3, 0.4) is 0 Å². The van der Waals surface area contributed by atoms with E-state index in [1.807, 2.05) is 6.07 Å². The van der Waals surface area contributed by atoms with Crippen molar-refractivity contribution in [3.63, 3.8) is 0 Å². The number of aliphatic hydroxyl groups excluding tert-OH is 1. The Morgan fingerprint density at radius 1 is 1.46 bits per heavy atom. The first-order chi connectivity index (χ1) is 11.5. The van der Waals surface area contributed by atoms with Gasteiger partial charge in [0, 0.05) is 19.0 Å². The van der Waals surface area contributed by atoms with Crippen molar-refractivity contribution in [1.29, 1.82) is 0 Å². The first-order valence-corrected chi connectivity index (χ1v) is 8.86. The van der Waals surface area contributed by atoms with Crippen molar-refractivity contribution in [3.05, 3.63) is 33.4 Å². The molecule has 0 spiro atoms. The molecule has 1 aromatic rings. The lowest BCUT2D eigenvalue weighted by molar-refractivity contribution is 0.0393. The molecule has 1 atom stereocenters. The molecule has 2 aliphatic rings. The molecule has 1 unspecified atom stereocenters. The minimum absolute atomic E-state index is 0.108. The molecule has 1 aliphatic carbocycles. The van der Waals surface area contributed by atoms with E-state index in [0.29, 0.717) is 23.8 Å². The molecule has 3 N–H and O–H groups in total. The Morgan fingerprint density at radius 3 is 2.88 bits per heavy atom. The zero-order chi connectivity index (χ0) is 17.1. The lowest BCUT2D eigenvalue weighted by Crippen LogP contribution is -2.35. The second-order valence-electron chi connectivity index (χ2n) is 7.07. The number of nitrogens with one attached hydrogen (secondary N) is 2. The molecule has 24 heavy (non-hydrogen) atoms. The number of aryl methyl sites for hydroxylation is 1. The summed E-state index contributed by atoms with van der Waals surface area (Å²) >= 11 is 0. The van der Waals surface area contributed by atoms with Gasteiger partial charge in [-0.15, -0.1) is 0 Å². The van der Waals surface area contributed by atoms with E-state index in [0.717, 1.165) is 45.2 Å². The number of piperidine rings is 1. The molecule has 2 fully saturated rings. The number of aliphatic hydroxyl groups is 1. The van der Waals surface area contributed by atoms with Crippen molar-refractivity contribution in [2.24, 2.45) is 5.92 Å². The van der Waals surface area contributed by atoms with Crippen LogP contribution in [-0.4, -0.2) is 36.8 Å². The fraction of sp³-hybridized carbons (Fsp3) is 0.667. The molecule has 3 rings (SSSR count). The fourth-order valence-corrected chi connectivity index (χ4v) is 3.62. The minimum Gasteiger partial charge on any atom is -0.427 e. The fourth-order valence-electron chi connectivity index (χ4n) is 3.62. The molecule has 1 saturated carbocycles. The maximum Gasteiger partial charge on any atom is 0.349 e. The van der Waals surface area contributed by atoms with Gasteiger partial charge in [-0.3, -0.25) is 4.79 Å². The Labute approximate surface area is 141 Å². The minimum atomic E-state index is -0.549. The van der Waals surface area contributed by atoms with Crippen LogP contribution in [-0.2, 0) is 0 Å². The van der Waals surface area contributed by atoms with Crippen molar-refractivity contribution in [2.75, 3.05) is 19.6 Å². The van der Waals surface area contributed by atoms with Crippen LogP contribution in [0.5, 0.6) is 0 Å². The van der Waals surface area contributed by atoms with Gasteiger partial charge < -0.3 is 20.2 Å². The van der Waals surface area contributed by atoms with Gasteiger partial charge in [-0.2, -0.15) is 0 Å². The highest BCUT2D eigenvalue weighted by Crippen LogP contribution is 2.29. The predicted molar refractivity (Wildman–Crippen MR) is 90.2 cm³/mol. The van der Waals surface area contributed by atoms with Crippen molar-refractivity contribution >= 4 is 5.91 Å². The highest BCUT2D eigenvalue weighted by Gasteiger charge is 2.27. The van der Waals surface area contributed by atoms with E-state index in [1.165, 1.54) is 0 Å². The van der Waals surface area contributed by atoms with E-state index in [-0.39, 0.29) is 23.5 Å². The van der Waals surface area contributed by atoms with Gasteiger partial charge in [-0.05, 0) is 63.1 Å². The smallest absolute Gasteiger partial charge is 0.349 e. The Morgan fingerprint density at radius 2 is 2.25 bits per heavy atom.